The number of imidazole rings is 1. The molecule has 0 spiro atoms. The first-order valence-electron chi connectivity index (χ1n) is 6.62. The standard InChI is InChI=1S/C13H25N3S/c1-4-9-17-11-12(14-5-2)10-13-15-7-8-16(13)6-3/h7-8,12,14H,4-6,9-11H2,1-3H3. The lowest BCUT2D eigenvalue weighted by Crippen LogP contribution is -2.34. The molecule has 0 amide bonds. The summed E-state index contributed by atoms with van der Waals surface area (Å²) in [5, 5.41) is 3.56. The van der Waals surface area contributed by atoms with Crippen LogP contribution in [-0.4, -0.2) is 33.6 Å². The summed E-state index contributed by atoms with van der Waals surface area (Å²) in [6.07, 6.45) is 6.26. The molecule has 0 aliphatic carbocycles. The minimum atomic E-state index is 0.546. The molecule has 3 nitrogen and oxygen atoms in total. The van der Waals surface area contributed by atoms with E-state index >= 15 is 0 Å². The highest BCUT2D eigenvalue weighted by atomic mass is 32.2. The average molecular weight is 255 g/mol. The van der Waals surface area contributed by atoms with Gasteiger partial charge in [0.05, 0.1) is 0 Å². The molecule has 4 heteroatoms. The van der Waals surface area contributed by atoms with Crippen molar-refractivity contribution in [3.05, 3.63) is 18.2 Å². The second kappa shape index (κ2) is 8.59. The van der Waals surface area contributed by atoms with E-state index in [0.29, 0.717) is 6.04 Å². The first-order chi connectivity index (χ1) is 8.31. The Morgan fingerprint density at radius 1 is 1.41 bits per heavy atom. The van der Waals surface area contributed by atoms with Gasteiger partial charge >= 0.3 is 0 Å². The number of likely N-dealkylation sites (N-methyl/N-ethyl adjacent to an activating group) is 1. The highest BCUT2D eigenvalue weighted by Crippen LogP contribution is 2.09. The maximum absolute atomic E-state index is 4.45. The summed E-state index contributed by atoms with van der Waals surface area (Å²) in [6, 6.07) is 0.546. The molecule has 0 bridgehead atoms. The fourth-order valence-corrected chi connectivity index (χ4v) is 2.86. The molecule has 1 aromatic rings. The summed E-state index contributed by atoms with van der Waals surface area (Å²) in [5.74, 6) is 3.64. The van der Waals surface area contributed by atoms with Gasteiger partial charge in [-0.25, -0.2) is 4.98 Å². The van der Waals surface area contributed by atoms with Gasteiger partial charge in [0.2, 0.25) is 0 Å². The van der Waals surface area contributed by atoms with Crippen molar-refractivity contribution in [1.29, 1.82) is 0 Å². The van der Waals surface area contributed by atoms with Crippen LogP contribution in [0.15, 0.2) is 12.4 Å². The van der Waals surface area contributed by atoms with E-state index in [1.54, 1.807) is 0 Å². The largest absolute Gasteiger partial charge is 0.335 e. The summed E-state index contributed by atoms with van der Waals surface area (Å²) < 4.78 is 2.23. The van der Waals surface area contributed by atoms with E-state index in [2.05, 4.69) is 41.8 Å². The van der Waals surface area contributed by atoms with Crippen LogP contribution in [0.25, 0.3) is 0 Å². The van der Waals surface area contributed by atoms with E-state index < -0.39 is 0 Å². The number of nitrogens with zero attached hydrogens (tertiary/aromatic N) is 2. The molecular weight excluding hydrogens is 230 g/mol. The highest BCUT2D eigenvalue weighted by Gasteiger charge is 2.11. The molecule has 0 aromatic carbocycles. The third-order valence-electron chi connectivity index (χ3n) is 2.73. The van der Waals surface area contributed by atoms with Gasteiger partial charge in [-0.2, -0.15) is 11.8 Å². The van der Waals surface area contributed by atoms with Crippen LogP contribution in [0.4, 0.5) is 0 Å². The number of thioether (sulfide) groups is 1. The zero-order valence-electron chi connectivity index (χ0n) is 11.3. The lowest BCUT2D eigenvalue weighted by molar-refractivity contribution is 0.542. The first kappa shape index (κ1) is 14.6. The average Bonchev–Trinajstić information content (AvgIpc) is 2.77. The Bertz CT molecular complexity index is 299. The van der Waals surface area contributed by atoms with Gasteiger partial charge in [0.25, 0.3) is 0 Å². The van der Waals surface area contributed by atoms with Crippen molar-refractivity contribution in [2.75, 3.05) is 18.1 Å². The van der Waals surface area contributed by atoms with Gasteiger partial charge in [0, 0.05) is 37.2 Å². The molecule has 0 aliphatic heterocycles. The molecule has 1 N–H and O–H groups in total. The van der Waals surface area contributed by atoms with E-state index in [-0.39, 0.29) is 0 Å². The molecule has 0 fully saturated rings. The number of rotatable bonds is 9. The van der Waals surface area contributed by atoms with Gasteiger partial charge in [-0.1, -0.05) is 13.8 Å². The second-order valence-corrected chi connectivity index (χ2v) is 5.31. The molecule has 17 heavy (non-hydrogen) atoms. The van der Waals surface area contributed by atoms with Gasteiger partial charge < -0.3 is 9.88 Å². The molecule has 1 atom stereocenters. The molecule has 1 unspecified atom stereocenters. The molecular formula is C13H25N3S. The maximum atomic E-state index is 4.45. The molecule has 0 saturated carbocycles. The molecule has 0 radical (unpaired) electrons. The molecule has 0 aliphatic rings. The van der Waals surface area contributed by atoms with Crippen LogP contribution in [0.5, 0.6) is 0 Å². The van der Waals surface area contributed by atoms with E-state index in [1.807, 2.05) is 18.0 Å². The van der Waals surface area contributed by atoms with Crippen molar-refractivity contribution < 1.29 is 0 Å². The van der Waals surface area contributed by atoms with Crippen LogP contribution in [0.2, 0.25) is 0 Å². The zero-order chi connectivity index (χ0) is 12.5. The van der Waals surface area contributed by atoms with Crippen LogP contribution >= 0.6 is 11.8 Å². The number of nitrogens with one attached hydrogen (secondary N) is 1. The Morgan fingerprint density at radius 2 is 2.24 bits per heavy atom. The van der Waals surface area contributed by atoms with E-state index in [1.165, 1.54) is 23.8 Å². The summed E-state index contributed by atoms with van der Waals surface area (Å²) in [4.78, 5) is 4.45. The maximum Gasteiger partial charge on any atom is 0.110 e. The smallest absolute Gasteiger partial charge is 0.110 e. The molecule has 1 rings (SSSR count). The van der Waals surface area contributed by atoms with Crippen molar-refractivity contribution in [3.8, 4) is 0 Å². The monoisotopic (exact) mass is 255 g/mol. The van der Waals surface area contributed by atoms with Gasteiger partial charge in [-0.15, -0.1) is 0 Å². The lowest BCUT2D eigenvalue weighted by Gasteiger charge is -2.17. The SMILES string of the molecule is CCCSCC(Cc1nccn1CC)NCC. The van der Waals surface area contributed by atoms with Crippen molar-refractivity contribution >= 4 is 11.8 Å². The van der Waals surface area contributed by atoms with E-state index in [0.717, 1.165) is 19.5 Å². The van der Waals surface area contributed by atoms with Gasteiger partial charge in [-0.3, -0.25) is 0 Å². The Balaban J connectivity index is 2.47. The van der Waals surface area contributed by atoms with Crippen LogP contribution in [0.3, 0.4) is 0 Å². The summed E-state index contributed by atoms with van der Waals surface area (Å²) in [5.41, 5.74) is 0. The minimum Gasteiger partial charge on any atom is -0.335 e. The lowest BCUT2D eigenvalue weighted by atomic mass is 10.2. The van der Waals surface area contributed by atoms with Crippen molar-refractivity contribution in [2.45, 2.75) is 46.2 Å². The minimum absolute atomic E-state index is 0.546. The number of aryl methyl sites for hydroxylation is 1. The third-order valence-corrected chi connectivity index (χ3v) is 4.07. The van der Waals surface area contributed by atoms with Crippen LogP contribution < -0.4 is 5.32 Å². The number of aromatic nitrogens is 2. The van der Waals surface area contributed by atoms with E-state index in [9.17, 15) is 0 Å². The Kier molecular flexibility index (Phi) is 7.37. The molecule has 1 heterocycles. The van der Waals surface area contributed by atoms with Crippen molar-refractivity contribution in [1.82, 2.24) is 14.9 Å². The zero-order valence-corrected chi connectivity index (χ0v) is 12.1. The van der Waals surface area contributed by atoms with E-state index in [4.69, 9.17) is 0 Å². The van der Waals surface area contributed by atoms with Crippen molar-refractivity contribution in [2.24, 2.45) is 0 Å². The number of hydrogen-bond acceptors (Lipinski definition) is 3. The fraction of sp³-hybridized carbons (Fsp3) is 0.769. The molecule has 0 saturated heterocycles. The summed E-state index contributed by atoms with van der Waals surface area (Å²) >= 11 is 2.04. The highest BCUT2D eigenvalue weighted by molar-refractivity contribution is 7.99. The Hall–Kier alpha value is -0.480. The fourth-order valence-electron chi connectivity index (χ4n) is 1.89. The normalized spacial score (nSPS) is 12.9. The first-order valence-corrected chi connectivity index (χ1v) is 7.78. The van der Waals surface area contributed by atoms with Gasteiger partial charge in [0.15, 0.2) is 0 Å². The second-order valence-electron chi connectivity index (χ2n) is 4.16. The third kappa shape index (κ3) is 5.13. The predicted octanol–water partition coefficient (Wildman–Crippen LogP) is 2.57. The van der Waals surface area contributed by atoms with Crippen LogP contribution in [0, 0.1) is 0 Å². The van der Waals surface area contributed by atoms with Gasteiger partial charge in [-0.05, 0) is 25.6 Å². The van der Waals surface area contributed by atoms with Crippen LogP contribution in [-0.2, 0) is 13.0 Å². The van der Waals surface area contributed by atoms with Gasteiger partial charge in [0.1, 0.15) is 5.82 Å². The predicted molar refractivity (Wildman–Crippen MR) is 76.7 cm³/mol. The van der Waals surface area contributed by atoms with Crippen LogP contribution in [0.1, 0.15) is 33.0 Å². The quantitative estimate of drug-likeness (QED) is 0.688. The Morgan fingerprint density at radius 3 is 2.88 bits per heavy atom. The molecule has 98 valence electrons. The Labute approximate surface area is 109 Å². The number of hydrogen-bond donors (Lipinski definition) is 1. The van der Waals surface area contributed by atoms with Crippen molar-refractivity contribution in [3.63, 3.8) is 0 Å². The summed E-state index contributed by atoms with van der Waals surface area (Å²) in [7, 11) is 0. The summed E-state index contributed by atoms with van der Waals surface area (Å²) in [6.45, 7) is 8.61. The molecule has 1 aromatic heterocycles. The topological polar surface area (TPSA) is 29.9 Å².